The number of nitrogens with zero attached hydrogens (tertiary/aromatic N) is 1. The van der Waals surface area contributed by atoms with E-state index < -0.39 is 5.97 Å². The maximum absolute atomic E-state index is 10.6. The average molecular weight is 286 g/mol. The van der Waals surface area contributed by atoms with Crippen molar-refractivity contribution < 1.29 is 14.6 Å². The van der Waals surface area contributed by atoms with Gasteiger partial charge >= 0.3 is 5.97 Å². The monoisotopic (exact) mass is 285 g/mol. The molecule has 0 radical (unpaired) electrons. The van der Waals surface area contributed by atoms with Gasteiger partial charge in [-0.25, -0.2) is 0 Å². The molecule has 0 heterocycles. The third-order valence-electron chi connectivity index (χ3n) is 2.64. The topological polar surface area (TPSA) is 49.8 Å². The van der Waals surface area contributed by atoms with Gasteiger partial charge in [-0.05, 0) is 50.7 Å². The van der Waals surface area contributed by atoms with Gasteiger partial charge in [-0.2, -0.15) is 0 Å². The first-order valence-electron chi connectivity index (χ1n) is 6.27. The molecule has 1 aromatic rings. The summed E-state index contributed by atoms with van der Waals surface area (Å²) in [7, 11) is 4.03. The number of rotatable bonds is 8. The molecule has 0 aliphatic heterocycles. The second kappa shape index (κ2) is 8.02. The lowest BCUT2D eigenvalue weighted by molar-refractivity contribution is -0.136. The molecular formula is C14H20ClNO3. The molecule has 0 aliphatic carbocycles. The van der Waals surface area contributed by atoms with E-state index in [9.17, 15) is 4.79 Å². The van der Waals surface area contributed by atoms with Crippen LogP contribution in [0.5, 0.6) is 5.75 Å². The third-order valence-corrected chi connectivity index (χ3v) is 2.87. The predicted octanol–water partition coefficient (Wildman–Crippen LogP) is 2.69. The van der Waals surface area contributed by atoms with Crippen LogP contribution in [0.15, 0.2) is 18.2 Å². The van der Waals surface area contributed by atoms with E-state index in [1.54, 1.807) is 18.2 Å². The number of carboxylic acid groups (broad SMARTS) is 1. The lowest BCUT2D eigenvalue weighted by Crippen LogP contribution is -2.15. The fourth-order valence-electron chi connectivity index (χ4n) is 1.69. The molecule has 1 rings (SSSR count). The Morgan fingerprint density at radius 1 is 1.42 bits per heavy atom. The Kier molecular flexibility index (Phi) is 6.67. The number of carbonyl (C=O) groups is 1. The predicted molar refractivity (Wildman–Crippen MR) is 76.1 cm³/mol. The summed E-state index contributed by atoms with van der Waals surface area (Å²) in [5, 5.41) is 9.33. The minimum absolute atomic E-state index is 0.0778. The molecule has 0 spiro atoms. The second-order valence-electron chi connectivity index (χ2n) is 4.65. The van der Waals surface area contributed by atoms with Crippen molar-refractivity contribution in [3.63, 3.8) is 0 Å². The Balaban J connectivity index is 2.57. The number of aryl methyl sites for hydroxylation is 1. The molecule has 0 fully saturated rings. The number of hydrogen-bond acceptors (Lipinski definition) is 3. The largest absolute Gasteiger partial charge is 0.493 e. The van der Waals surface area contributed by atoms with Crippen LogP contribution in [0.2, 0.25) is 5.02 Å². The van der Waals surface area contributed by atoms with Crippen molar-refractivity contribution in [2.45, 2.75) is 19.3 Å². The van der Waals surface area contributed by atoms with Crippen molar-refractivity contribution in [3.05, 3.63) is 28.8 Å². The van der Waals surface area contributed by atoms with E-state index in [1.807, 2.05) is 14.1 Å². The normalized spacial score (nSPS) is 10.7. The highest BCUT2D eigenvalue weighted by Gasteiger charge is 2.07. The molecule has 5 heteroatoms. The maximum atomic E-state index is 10.6. The number of aliphatic carboxylic acids is 1. The van der Waals surface area contributed by atoms with Crippen molar-refractivity contribution in [1.82, 2.24) is 4.90 Å². The van der Waals surface area contributed by atoms with E-state index in [0.29, 0.717) is 18.1 Å². The highest BCUT2D eigenvalue weighted by molar-refractivity contribution is 6.30. The van der Waals surface area contributed by atoms with Crippen molar-refractivity contribution in [2.24, 2.45) is 0 Å². The Bertz CT molecular complexity index is 421. The first-order valence-corrected chi connectivity index (χ1v) is 6.64. The molecule has 0 bridgehead atoms. The lowest BCUT2D eigenvalue weighted by atomic mass is 10.1. The molecule has 106 valence electrons. The fraction of sp³-hybridized carbons (Fsp3) is 0.500. The van der Waals surface area contributed by atoms with E-state index >= 15 is 0 Å². The number of ether oxygens (including phenoxy) is 1. The van der Waals surface area contributed by atoms with Crippen molar-refractivity contribution >= 4 is 17.6 Å². The highest BCUT2D eigenvalue weighted by atomic mass is 35.5. The van der Waals surface area contributed by atoms with Crippen molar-refractivity contribution in [3.8, 4) is 5.75 Å². The van der Waals surface area contributed by atoms with Gasteiger partial charge in [0.2, 0.25) is 0 Å². The molecule has 4 nitrogen and oxygen atoms in total. The van der Waals surface area contributed by atoms with Gasteiger partial charge < -0.3 is 14.7 Å². The van der Waals surface area contributed by atoms with Crippen LogP contribution in [-0.2, 0) is 11.2 Å². The van der Waals surface area contributed by atoms with Crippen LogP contribution in [0, 0.1) is 0 Å². The number of benzene rings is 1. The molecule has 19 heavy (non-hydrogen) atoms. The van der Waals surface area contributed by atoms with Crippen molar-refractivity contribution in [1.29, 1.82) is 0 Å². The van der Waals surface area contributed by atoms with E-state index in [2.05, 4.69) is 4.90 Å². The number of halogens is 1. The van der Waals surface area contributed by atoms with Gasteiger partial charge in [0, 0.05) is 18.0 Å². The summed E-state index contributed by atoms with van der Waals surface area (Å²) in [4.78, 5) is 12.7. The maximum Gasteiger partial charge on any atom is 0.303 e. The summed E-state index contributed by atoms with van der Waals surface area (Å²) in [5.74, 6) is -0.0945. The highest BCUT2D eigenvalue weighted by Crippen LogP contribution is 2.24. The summed E-state index contributed by atoms with van der Waals surface area (Å²) in [6.45, 7) is 1.57. The molecule has 0 saturated heterocycles. The average Bonchev–Trinajstić information content (AvgIpc) is 2.33. The first-order chi connectivity index (χ1) is 8.99. The summed E-state index contributed by atoms with van der Waals surface area (Å²) in [5.41, 5.74) is 0.847. The Hall–Kier alpha value is -1.26. The smallest absolute Gasteiger partial charge is 0.303 e. The zero-order valence-electron chi connectivity index (χ0n) is 11.4. The van der Waals surface area contributed by atoms with Gasteiger partial charge in [0.1, 0.15) is 5.75 Å². The van der Waals surface area contributed by atoms with Crippen molar-refractivity contribution in [2.75, 3.05) is 27.2 Å². The molecule has 0 aromatic heterocycles. The van der Waals surface area contributed by atoms with Crippen LogP contribution >= 0.6 is 11.6 Å². The zero-order chi connectivity index (χ0) is 14.3. The Labute approximate surface area is 118 Å². The molecule has 0 saturated carbocycles. The van der Waals surface area contributed by atoms with E-state index in [0.717, 1.165) is 24.3 Å². The van der Waals surface area contributed by atoms with Gasteiger partial charge in [0.05, 0.1) is 6.61 Å². The molecule has 0 atom stereocenters. The van der Waals surface area contributed by atoms with E-state index in [-0.39, 0.29) is 6.42 Å². The van der Waals surface area contributed by atoms with Gasteiger partial charge in [0.15, 0.2) is 0 Å². The Morgan fingerprint density at radius 2 is 2.16 bits per heavy atom. The minimum atomic E-state index is -0.821. The van der Waals surface area contributed by atoms with Gasteiger partial charge in [0.25, 0.3) is 0 Å². The molecule has 0 amide bonds. The van der Waals surface area contributed by atoms with Crippen LogP contribution in [0.4, 0.5) is 0 Å². The van der Waals surface area contributed by atoms with Crippen LogP contribution in [0.3, 0.4) is 0 Å². The molecule has 1 N–H and O–H groups in total. The zero-order valence-corrected chi connectivity index (χ0v) is 12.1. The SMILES string of the molecule is CN(C)CCCOc1ccc(Cl)cc1CCC(=O)O. The van der Waals surface area contributed by atoms with E-state index in [4.69, 9.17) is 21.4 Å². The van der Waals surface area contributed by atoms with Crippen LogP contribution in [0.25, 0.3) is 0 Å². The molecule has 0 aliphatic rings. The molecule has 1 aromatic carbocycles. The van der Waals surface area contributed by atoms with E-state index in [1.165, 1.54) is 0 Å². The minimum Gasteiger partial charge on any atom is -0.493 e. The first kappa shape index (κ1) is 15.8. The quantitative estimate of drug-likeness (QED) is 0.746. The Morgan fingerprint density at radius 3 is 2.79 bits per heavy atom. The second-order valence-corrected chi connectivity index (χ2v) is 5.09. The summed E-state index contributed by atoms with van der Waals surface area (Å²) >= 11 is 5.93. The van der Waals surface area contributed by atoms with Crippen LogP contribution in [-0.4, -0.2) is 43.2 Å². The van der Waals surface area contributed by atoms with Gasteiger partial charge in [-0.3, -0.25) is 4.79 Å². The summed E-state index contributed by atoms with van der Waals surface area (Å²) in [6.07, 6.45) is 1.43. The van der Waals surface area contributed by atoms with Crippen LogP contribution in [0.1, 0.15) is 18.4 Å². The molecular weight excluding hydrogens is 266 g/mol. The molecule has 0 unspecified atom stereocenters. The third kappa shape index (κ3) is 6.45. The van der Waals surface area contributed by atoms with Gasteiger partial charge in [-0.15, -0.1) is 0 Å². The lowest BCUT2D eigenvalue weighted by Gasteiger charge is -2.13. The number of carboxylic acids is 1. The fourth-order valence-corrected chi connectivity index (χ4v) is 1.88. The summed E-state index contributed by atoms with van der Waals surface area (Å²) in [6, 6.07) is 5.33. The number of hydrogen-bond donors (Lipinski definition) is 1. The van der Waals surface area contributed by atoms with Crippen LogP contribution < -0.4 is 4.74 Å². The van der Waals surface area contributed by atoms with Gasteiger partial charge in [-0.1, -0.05) is 11.6 Å². The standard InChI is InChI=1S/C14H20ClNO3/c1-16(2)8-3-9-19-13-6-5-12(15)10-11(13)4-7-14(17)18/h5-6,10H,3-4,7-9H2,1-2H3,(H,17,18). The summed E-state index contributed by atoms with van der Waals surface area (Å²) < 4.78 is 5.70.